The van der Waals surface area contributed by atoms with E-state index in [2.05, 4.69) is 6.58 Å². The Balaban J connectivity index is 4.05. The molecule has 0 aromatic carbocycles. The maximum Gasteiger partial charge on any atom is 0.332 e. The monoisotopic (exact) mass is 230 g/mol. The molecule has 0 aliphatic carbocycles. The Labute approximate surface area is 97.6 Å². The lowest BCUT2D eigenvalue weighted by Gasteiger charge is -2.22. The molecule has 0 radical (unpaired) electrons. The van der Waals surface area contributed by atoms with Gasteiger partial charge in [0.1, 0.15) is 0 Å². The largest absolute Gasteiger partial charge is 0.433 e. The van der Waals surface area contributed by atoms with E-state index in [1.807, 2.05) is 20.8 Å². The average Bonchev–Trinajstić information content (AvgIpc) is 2.32. The first-order valence-corrected chi connectivity index (χ1v) is 5.77. The van der Waals surface area contributed by atoms with Crippen LogP contribution in [0.2, 0.25) is 0 Å². The molecule has 0 aromatic rings. The van der Waals surface area contributed by atoms with Gasteiger partial charge in [-0.05, 0) is 12.8 Å². The summed E-state index contributed by atoms with van der Waals surface area (Å²) in [5.74, 6) is -0.475. The third-order valence-corrected chi connectivity index (χ3v) is 1.89. The Morgan fingerprint density at radius 1 is 1.25 bits per heavy atom. The predicted octanol–water partition coefficient (Wildman–Crippen LogP) is 2.63. The first-order valence-electron chi connectivity index (χ1n) is 5.77. The molecule has 0 aliphatic rings. The van der Waals surface area contributed by atoms with Gasteiger partial charge in [0, 0.05) is 19.1 Å². The quantitative estimate of drug-likeness (QED) is 0.347. The lowest BCUT2D eigenvalue weighted by molar-refractivity contribution is -0.239. The summed E-state index contributed by atoms with van der Waals surface area (Å²) in [5.41, 5.74) is 0. The molecule has 94 valence electrons. The Morgan fingerprint density at radius 2 is 1.88 bits per heavy atom. The Bertz CT molecular complexity index is 203. The SMILES string of the molecule is C=CC(=O)OC(CC)OC(CC)OCCC. The second-order valence-electron chi connectivity index (χ2n) is 3.32. The van der Waals surface area contributed by atoms with E-state index < -0.39 is 12.3 Å². The van der Waals surface area contributed by atoms with Crippen molar-refractivity contribution in [3.05, 3.63) is 12.7 Å². The molecular formula is C12H22O4. The van der Waals surface area contributed by atoms with E-state index in [-0.39, 0.29) is 6.29 Å². The van der Waals surface area contributed by atoms with Crippen molar-refractivity contribution < 1.29 is 19.0 Å². The van der Waals surface area contributed by atoms with E-state index in [1.54, 1.807) is 0 Å². The van der Waals surface area contributed by atoms with Crippen LogP contribution in [0, 0.1) is 0 Å². The minimum atomic E-state index is -0.563. The zero-order valence-electron chi connectivity index (χ0n) is 10.4. The Morgan fingerprint density at radius 3 is 2.31 bits per heavy atom. The van der Waals surface area contributed by atoms with Gasteiger partial charge in [-0.25, -0.2) is 4.79 Å². The smallest absolute Gasteiger partial charge is 0.332 e. The van der Waals surface area contributed by atoms with Crippen molar-refractivity contribution in [1.82, 2.24) is 0 Å². The number of rotatable bonds is 9. The van der Waals surface area contributed by atoms with Crippen molar-refractivity contribution >= 4 is 5.97 Å². The van der Waals surface area contributed by atoms with Crippen LogP contribution in [0.5, 0.6) is 0 Å². The van der Waals surface area contributed by atoms with Crippen LogP contribution in [0.1, 0.15) is 40.0 Å². The molecule has 4 nitrogen and oxygen atoms in total. The van der Waals surface area contributed by atoms with Gasteiger partial charge in [-0.3, -0.25) is 0 Å². The molecular weight excluding hydrogens is 208 g/mol. The van der Waals surface area contributed by atoms with E-state index in [1.165, 1.54) is 0 Å². The maximum atomic E-state index is 11.0. The van der Waals surface area contributed by atoms with E-state index in [9.17, 15) is 4.79 Å². The van der Waals surface area contributed by atoms with Crippen LogP contribution in [0.25, 0.3) is 0 Å². The molecule has 0 aromatic heterocycles. The standard InChI is InChI=1S/C12H22O4/c1-5-9-14-11(7-3)16-12(8-4)15-10(13)6-2/h6,11-12H,2,5,7-9H2,1,3-4H3. The fourth-order valence-corrected chi connectivity index (χ4v) is 1.06. The number of ether oxygens (including phenoxy) is 3. The fraction of sp³-hybridized carbons (Fsp3) is 0.750. The van der Waals surface area contributed by atoms with Crippen LogP contribution >= 0.6 is 0 Å². The summed E-state index contributed by atoms with van der Waals surface area (Å²) in [6, 6.07) is 0. The molecule has 2 unspecified atom stereocenters. The molecule has 0 fully saturated rings. The first-order chi connectivity index (χ1) is 7.67. The second-order valence-corrected chi connectivity index (χ2v) is 3.32. The number of carbonyl (C=O) groups excluding carboxylic acids is 1. The van der Waals surface area contributed by atoms with Crippen LogP contribution in [0.3, 0.4) is 0 Å². The van der Waals surface area contributed by atoms with Gasteiger partial charge in [0.25, 0.3) is 0 Å². The third kappa shape index (κ3) is 6.58. The summed E-state index contributed by atoms with van der Waals surface area (Å²) >= 11 is 0. The number of hydrogen-bond donors (Lipinski definition) is 0. The molecule has 0 bridgehead atoms. The third-order valence-electron chi connectivity index (χ3n) is 1.89. The molecule has 0 spiro atoms. The highest BCUT2D eigenvalue weighted by Crippen LogP contribution is 2.09. The molecule has 0 rings (SSSR count). The molecule has 0 amide bonds. The molecule has 0 N–H and O–H groups in total. The molecule has 4 heteroatoms. The van der Waals surface area contributed by atoms with Gasteiger partial charge in [0.05, 0.1) is 0 Å². The molecule has 0 saturated heterocycles. The Kier molecular flexibility index (Phi) is 8.85. The van der Waals surface area contributed by atoms with Crippen molar-refractivity contribution in [1.29, 1.82) is 0 Å². The van der Waals surface area contributed by atoms with Crippen molar-refractivity contribution in [2.24, 2.45) is 0 Å². The number of hydrogen-bond acceptors (Lipinski definition) is 4. The summed E-state index contributed by atoms with van der Waals surface area (Å²) in [6.45, 7) is 9.85. The zero-order valence-corrected chi connectivity index (χ0v) is 10.4. The number of esters is 1. The van der Waals surface area contributed by atoms with E-state index in [0.717, 1.165) is 18.9 Å². The van der Waals surface area contributed by atoms with Gasteiger partial charge in [-0.15, -0.1) is 0 Å². The second kappa shape index (κ2) is 9.36. The summed E-state index contributed by atoms with van der Waals surface area (Å²) in [6.07, 6.45) is 2.49. The van der Waals surface area contributed by atoms with Gasteiger partial charge in [-0.2, -0.15) is 0 Å². The van der Waals surface area contributed by atoms with Gasteiger partial charge in [0.2, 0.25) is 6.29 Å². The molecule has 0 aliphatic heterocycles. The van der Waals surface area contributed by atoms with Gasteiger partial charge in [-0.1, -0.05) is 27.4 Å². The average molecular weight is 230 g/mol. The van der Waals surface area contributed by atoms with Gasteiger partial charge >= 0.3 is 5.97 Å². The normalized spacial score (nSPS) is 14.2. The highest BCUT2D eigenvalue weighted by atomic mass is 16.8. The molecule has 0 heterocycles. The van der Waals surface area contributed by atoms with Crippen LogP contribution < -0.4 is 0 Å². The molecule has 2 atom stereocenters. The van der Waals surface area contributed by atoms with Crippen molar-refractivity contribution in [2.75, 3.05) is 6.61 Å². The van der Waals surface area contributed by atoms with Crippen LogP contribution in [0.4, 0.5) is 0 Å². The lowest BCUT2D eigenvalue weighted by Crippen LogP contribution is -2.27. The summed E-state index contributed by atoms with van der Waals surface area (Å²) < 4.78 is 16.0. The first kappa shape index (κ1) is 15.1. The van der Waals surface area contributed by atoms with E-state index >= 15 is 0 Å². The minimum absolute atomic E-state index is 0.317. The van der Waals surface area contributed by atoms with Crippen molar-refractivity contribution in [3.63, 3.8) is 0 Å². The van der Waals surface area contributed by atoms with Crippen LogP contribution in [0.15, 0.2) is 12.7 Å². The van der Waals surface area contributed by atoms with Gasteiger partial charge in [0.15, 0.2) is 6.29 Å². The number of carbonyl (C=O) groups is 1. The fourth-order valence-electron chi connectivity index (χ4n) is 1.06. The molecule has 0 saturated carbocycles. The van der Waals surface area contributed by atoms with E-state index in [0.29, 0.717) is 13.0 Å². The van der Waals surface area contributed by atoms with Crippen molar-refractivity contribution in [3.8, 4) is 0 Å². The lowest BCUT2D eigenvalue weighted by atomic mass is 10.4. The topological polar surface area (TPSA) is 44.8 Å². The summed E-state index contributed by atoms with van der Waals surface area (Å²) in [5, 5.41) is 0. The predicted molar refractivity (Wildman–Crippen MR) is 61.8 cm³/mol. The minimum Gasteiger partial charge on any atom is -0.433 e. The highest BCUT2D eigenvalue weighted by Gasteiger charge is 2.16. The van der Waals surface area contributed by atoms with E-state index in [4.69, 9.17) is 14.2 Å². The Hall–Kier alpha value is -0.870. The van der Waals surface area contributed by atoms with Gasteiger partial charge < -0.3 is 14.2 Å². The summed E-state index contributed by atoms with van der Waals surface area (Å²) in [7, 11) is 0. The highest BCUT2D eigenvalue weighted by molar-refractivity contribution is 5.81. The molecule has 16 heavy (non-hydrogen) atoms. The van der Waals surface area contributed by atoms with Crippen molar-refractivity contribution in [2.45, 2.75) is 52.6 Å². The maximum absolute atomic E-state index is 11.0. The summed E-state index contributed by atoms with van der Waals surface area (Å²) in [4.78, 5) is 11.0. The zero-order chi connectivity index (χ0) is 12.4. The van der Waals surface area contributed by atoms with Crippen LogP contribution in [-0.4, -0.2) is 25.2 Å². The van der Waals surface area contributed by atoms with Crippen LogP contribution in [-0.2, 0) is 19.0 Å².